The summed E-state index contributed by atoms with van der Waals surface area (Å²) in [4.78, 5) is 5.67. The summed E-state index contributed by atoms with van der Waals surface area (Å²) in [5.74, 6) is 1.51. The molecule has 0 amide bonds. The fourth-order valence-electron chi connectivity index (χ4n) is 2.38. The van der Waals surface area contributed by atoms with Crippen LogP contribution < -0.4 is 15.4 Å². The Labute approximate surface area is 153 Å². The molecule has 8 heteroatoms. The van der Waals surface area contributed by atoms with Crippen molar-refractivity contribution >= 4 is 5.96 Å². The third kappa shape index (κ3) is 10.1. The first-order valence-corrected chi connectivity index (χ1v) is 8.74. The van der Waals surface area contributed by atoms with E-state index in [1.165, 1.54) is 17.5 Å². The second-order valence-corrected chi connectivity index (χ2v) is 5.99. The molecular weight excluding hydrogens is 345 g/mol. The summed E-state index contributed by atoms with van der Waals surface area (Å²) in [6.45, 7) is 3.34. The highest BCUT2D eigenvalue weighted by atomic mass is 19.4. The molecule has 1 aromatic carbocycles. The summed E-state index contributed by atoms with van der Waals surface area (Å²) >= 11 is 0. The maximum atomic E-state index is 12.3. The number of hydrogen-bond donors (Lipinski definition) is 2. The van der Waals surface area contributed by atoms with Crippen LogP contribution in [0.25, 0.3) is 0 Å². The van der Waals surface area contributed by atoms with Gasteiger partial charge in [-0.1, -0.05) is 12.1 Å². The van der Waals surface area contributed by atoms with E-state index in [0.717, 1.165) is 18.7 Å². The van der Waals surface area contributed by atoms with Crippen molar-refractivity contribution in [3.8, 4) is 5.75 Å². The van der Waals surface area contributed by atoms with E-state index in [2.05, 4.69) is 15.6 Å². The zero-order valence-electron chi connectivity index (χ0n) is 15.7. The number of nitrogens with zero attached hydrogens (tertiary/aromatic N) is 2. The number of nitrogens with one attached hydrogen (secondary N) is 2. The van der Waals surface area contributed by atoms with Crippen molar-refractivity contribution in [2.24, 2.45) is 4.99 Å². The number of guanidine groups is 1. The topological polar surface area (TPSA) is 48.9 Å². The normalized spacial score (nSPS) is 12.3. The number of methoxy groups -OCH3 is 1. The molecule has 2 N–H and O–H groups in total. The van der Waals surface area contributed by atoms with Crippen molar-refractivity contribution in [2.75, 3.05) is 46.9 Å². The molecular formula is C18H29F3N4O. The molecule has 0 aliphatic heterocycles. The van der Waals surface area contributed by atoms with Gasteiger partial charge >= 0.3 is 6.18 Å². The Hall–Kier alpha value is -1.96. The lowest BCUT2D eigenvalue weighted by Crippen LogP contribution is -2.38. The molecule has 1 aromatic rings. The van der Waals surface area contributed by atoms with Gasteiger partial charge in [-0.2, -0.15) is 13.2 Å². The van der Waals surface area contributed by atoms with Gasteiger partial charge in [-0.25, -0.2) is 0 Å². The molecule has 0 aliphatic rings. The van der Waals surface area contributed by atoms with Gasteiger partial charge in [0.1, 0.15) is 5.75 Å². The molecule has 0 aromatic heterocycles. The van der Waals surface area contributed by atoms with Crippen molar-refractivity contribution < 1.29 is 17.9 Å². The SMILES string of the molecule is CCNC(=NCCCN(C)CC(F)(F)F)NCCc1ccc(OC)cc1. The highest BCUT2D eigenvalue weighted by Gasteiger charge is 2.28. The van der Waals surface area contributed by atoms with Gasteiger partial charge in [0.2, 0.25) is 0 Å². The molecule has 0 spiro atoms. The number of ether oxygens (including phenoxy) is 1. The standard InChI is InChI=1S/C18H29F3N4O/c1-4-22-17(23-11-5-13-25(2)14-18(19,20)21)24-12-10-15-6-8-16(26-3)9-7-15/h6-9H,4-5,10-14H2,1-3H3,(H2,22,23,24). The number of halogens is 3. The second kappa shape index (κ2) is 11.6. The van der Waals surface area contributed by atoms with Gasteiger partial charge in [0.25, 0.3) is 0 Å². The van der Waals surface area contributed by atoms with Crippen LogP contribution in [0.2, 0.25) is 0 Å². The third-order valence-corrected chi connectivity index (χ3v) is 3.63. The zero-order valence-corrected chi connectivity index (χ0v) is 15.7. The Morgan fingerprint density at radius 2 is 1.88 bits per heavy atom. The minimum absolute atomic E-state index is 0.355. The Kier molecular flexibility index (Phi) is 9.87. The van der Waals surface area contributed by atoms with Gasteiger partial charge in [-0.3, -0.25) is 9.89 Å². The van der Waals surface area contributed by atoms with Gasteiger partial charge in [0, 0.05) is 19.6 Å². The van der Waals surface area contributed by atoms with Crippen LogP contribution in [0.1, 0.15) is 18.9 Å². The minimum Gasteiger partial charge on any atom is -0.497 e. The van der Waals surface area contributed by atoms with E-state index in [1.54, 1.807) is 7.11 Å². The fraction of sp³-hybridized carbons (Fsp3) is 0.611. The quantitative estimate of drug-likeness (QED) is 0.376. The molecule has 0 heterocycles. The Morgan fingerprint density at radius 1 is 1.19 bits per heavy atom. The lowest BCUT2D eigenvalue weighted by Gasteiger charge is -2.18. The van der Waals surface area contributed by atoms with Crippen molar-refractivity contribution in [2.45, 2.75) is 25.9 Å². The lowest BCUT2D eigenvalue weighted by molar-refractivity contribution is -0.143. The Morgan fingerprint density at radius 3 is 2.46 bits per heavy atom. The Bertz CT molecular complexity index is 532. The summed E-state index contributed by atoms with van der Waals surface area (Å²) in [6.07, 6.45) is -2.75. The van der Waals surface area contributed by atoms with E-state index in [1.807, 2.05) is 31.2 Å². The predicted octanol–water partition coefficient (Wildman–Crippen LogP) is 2.68. The van der Waals surface area contributed by atoms with Crippen LogP contribution in [-0.2, 0) is 6.42 Å². The highest BCUT2D eigenvalue weighted by Crippen LogP contribution is 2.15. The molecule has 26 heavy (non-hydrogen) atoms. The van der Waals surface area contributed by atoms with E-state index in [4.69, 9.17) is 4.74 Å². The molecule has 0 saturated heterocycles. The highest BCUT2D eigenvalue weighted by molar-refractivity contribution is 5.79. The number of alkyl halides is 3. The molecule has 148 valence electrons. The predicted molar refractivity (Wildman–Crippen MR) is 98.8 cm³/mol. The average Bonchev–Trinajstić information content (AvgIpc) is 2.57. The van der Waals surface area contributed by atoms with Gasteiger partial charge < -0.3 is 15.4 Å². The molecule has 1 rings (SSSR count). The summed E-state index contributed by atoms with van der Waals surface area (Å²) in [6, 6.07) is 7.88. The van der Waals surface area contributed by atoms with Crippen LogP contribution in [0.15, 0.2) is 29.3 Å². The zero-order chi connectivity index (χ0) is 19.4. The number of hydrogen-bond acceptors (Lipinski definition) is 3. The molecule has 5 nitrogen and oxygen atoms in total. The van der Waals surface area contributed by atoms with Gasteiger partial charge in [0.05, 0.1) is 13.7 Å². The van der Waals surface area contributed by atoms with E-state index in [0.29, 0.717) is 32.0 Å². The fourth-order valence-corrected chi connectivity index (χ4v) is 2.38. The van der Waals surface area contributed by atoms with Crippen LogP contribution in [0.4, 0.5) is 13.2 Å². The van der Waals surface area contributed by atoms with Crippen LogP contribution in [0.5, 0.6) is 5.75 Å². The van der Waals surface area contributed by atoms with E-state index in [-0.39, 0.29) is 0 Å². The van der Waals surface area contributed by atoms with Crippen LogP contribution in [0.3, 0.4) is 0 Å². The van der Waals surface area contributed by atoms with Gasteiger partial charge in [0.15, 0.2) is 5.96 Å². The monoisotopic (exact) mass is 374 g/mol. The maximum absolute atomic E-state index is 12.3. The van der Waals surface area contributed by atoms with Gasteiger partial charge in [-0.05, 0) is 51.1 Å². The van der Waals surface area contributed by atoms with Gasteiger partial charge in [-0.15, -0.1) is 0 Å². The van der Waals surface area contributed by atoms with Crippen molar-refractivity contribution in [3.63, 3.8) is 0 Å². The number of rotatable bonds is 10. The first-order valence-electron chi connectivity index (χ1n) is 8.74. The smallest absolute Gasteiger partial charge is 0.401 e. The Balaban J connectivity index is 2.33. The molecule has 0 saturated carbocycles. The molecule has 0 atom stereocenters. The molecule has 0 unspecified atom stereocenters. The third-order valence-electron chi connectivity index (χ3n) is 3.63. The first-order chi connectivity index (χ1) is 12.3. The van der Waals surface area contributed by atoms with E-state index >= 15 is 0 Å². The summed E-state index contributed by atoms with van der Waals surface area (Å²) < 4.78 is 41.9. The van der Waals surface area contributed by atoms with E-state index in [9.17, 15) is 13.2 Å². The molecule has 0 bridgehead atoms. The van der Waals surface area contributed by atoms with Crippen LogP contribution in [-0.4, -0.2) is 63.9 Å². The van der Waals surface area contributed by atoms with E-state index < -0.39 is 12.7 Å². The molecule has 0 fully saturated rings. The summed E-state index contributed by atoms with van der Waals surface area (Å²) in [5.41, 5.74) is 1.18. The van der Waals surface area contributed by atoms with Crippen LogP contribution in [0, 0.1) is 0 Å². The average molecular weight is 374 g/mol. The summed E-state index contributed by atoms with van der Waals surface area (Å²) in [7, 11) is 3.10. The van der Waals surface area contributed by atoms with Crippen molar-refractivity contribution in [1.29, 1.82) is 0 Å². The van der Waals surface area contributed by atoms with Crippen molar-refractivity contribution in [1.82, 2.24) is 15.5 Å². The number of benzene rings is 1. The maximum Gasteiger partial charge on any atom is 0.401 e. The van der Waals surface area contributed by atoms with Crippen LogP contribution >= 0.6 is 0 Å². The molecule has 0 aliphatic carbocycles. The summed E-state index contributed by atoms with van der Waals surface area (Å²) in [5, 5.41) is 6.38. The van der Waals surface area contributed by atoms with Crippen molar-refractivity contribution in [3.05, 3.63) is 29.8 Å². The lowest BCUT2D eigenvalue weighted by atomic mass is 10.1. The largest absolute Gasteiger partial charge is 0.497 e. The first kappa shape index (κ1) is 22.1. The molecule has 0 radical (unpaired) electrons. The minimum atomic E-state index is -4.16. The second-order valence-electron chi connectivity index (χ2n) is 5.99. The number of aliphatic imine (C=N–C) groups is 1.